The quantitative estimate of drug-likeness (QED) is 0.734. The standard InChI is InChI=1S/C20H16ClN3O/c21-19-6-2-1-4-17(19)5-3-11-23-20(25)18-9-7-16(8-10-18)14-24-13-12-22-15-24/h1-2,4,6-10,12-13,15H,11,14H2,(H,23,25). The topological polar surface area (TPSA) is 46.9 Å². The molecule has 0 saturated carbocycles. The van der Waals surface area contributed by atoms with E-state index >= 15 is 0 Å². The Morgan fingerprint density at radius 3 is 2.68 bits per heavy atom. The molecule has 0 aliphatic carbocycles. The van der Waals surface area contributed by atoms with Crippen molar-refractivity contribution in [2.24, 2.45) is 0 Å². The van der Waals surface area contributed by atoms with Crippen molar-refractivity contribution in [2.75, 3.05) is 6.54 Å². The molecule has 0 bridgehead atoms. The maximum atomic E-state index is 12.1. The largest absolute Gasteiger partial charge is 0.341 e. The predicted molar refractivity (Wildman–Crippen MR) is 98.4 cm³/mol. The van der Waals surface area contributed by atoms with Crippen LogP contribution in [0.2, 0.25) is 5.02 Å². The number of nitrogens with zero attached hydrogens (tertiary/aromatic N) is 2. The molecule has 0 aliphatic rings. The summed E-state index contributed by atoms with van der Waals surface area (Å²) in [5, 5.41) is 3.39. The van der Waals surface area contributed by atoms with E-state index in [1.165, 1.54) is 0 Å². The van der Waals surface area contributed by atoms with Gasteiger partial charge in [0, 0.05) is 30.1 Å². The van der Waals surface area contributed by atoms with Crippen molar-refractivity contribution in [2.45, 2.75) is 6.54 Å². The molecule has 0 radical (unpaired) electrons. The van der Waals surface area contributed by atoms with Gasteiger partial charge in [-0.25, -0.2) is 4.98 Å². The summed E-state index contributed by atoms with van der Waals surface area (Å²) in [5.74, 6) is 5.71. The zero-order valence-electron chi connectivity index (χ0n) is 13.4. The third kappa shape index (κ3) is 4.72. The molecule has 4 nitrogen and oxygen atoms in total. The smallest absolute Gasteiger partial charge is 0.252 e. The fourth-order valence-electron chi connectivity index (χ4n) is 2.28. The van der Waals surface area contributed by atoms with Gasteiger partial charge in [0.05, 0.1) is 17.9 Å². The summed E-state index contributed by atoms with van der Waals surface area (Å²) in [6.07, 6.45) is 5.40. The van der Waals surface area contributed by atoms with Crippen LogP contribution in [-0.4, -0.2) is 22.0 Å². The number of halogens is 1. The van der Waals surface area contributed by atoms with Crippen molar-refractivity contribution >= 4 is 17.5 Å². The average Bonchev–Trinajstić information content (AvgIpc) is 3.13. The molecule has 1 N–H and O–H groups in total. The normalized spacial score (nSPS) is 9.96. The molecule has 3 aromatic rings. The van der Waals surface area contributed by atoms with Crippen LogP contribution in [0.25, 0.3) is 0 Å². The van der Waals surface area contributed by atoms with Gasteiger partial charge in [-0.15, -0.1) is 0 Å². The van der Waals surface area contributed by atoms with Crippen LogP contribution in [0.5, 0.6) is 0 Å². The van der Waals surface area contributed by atoms with E-state index in [1.807, 2.05) is 53.2 Å². The highest BCUT2D eigenvalue weighted by Crippen LogP contribution is 2.12. The maximum Gasteiger partial charge on any atom is 0.252 e. The number of imidazole rings is 1. The number of hydrogen-bond acceptors (Lipinski definition) is 2. The van der Waals surface area contributed by atoms with Gasteiger partial charge in [-0.1, -0.05) is 47.7 Å². The van der Waals surface area contributed by atoms with Gasteiger partial charge in [0.15, 0.2) is 0 Å². The summed E-state index contributed by atoms with van der Waals surface area (Å²) in [4.78, 5) is 16.1. The zero-order valence-corrected chi connectivity index (χ0v) is 14.2. The molecule has 5 heteroatoms. The first-order valence-corrected chi connectivity index (χ1v) is 8.16. The fourth-order valence-corrected chi connectivity index (χ4v) is 2.46. The summed E-state index contributed by atoms with van der Waals surface area (Å²) >= 11 is 6.03. The molecule has 3 rings (SSSR count). The Morgan fingerprint density at radius 2 is 1.96 bits per heavy atom. The highest BCUT2D eigenvalue weighted by atomic mass is 35.5. The number of benzene rings is 2. The molecule has 1 heterocycles. The number of rotatable bonds is 4. The molecule has 0 saturated heterocycles. The zero-order chi connectivity index (χ0) is 17.5. The Labute approximate surface area is 151 Å². The van der Waals surface area contributed by atoms with Crippen molar-refractivity contribution in [1.82, 2.24) is 14.9 Å². The highest BCUT2D eigenvalue weighted by Gasteiger charge is 2.04. The van der Waals surface area contributed by atoms with Crippen molar-refractivity contribution in [3.63, 3.8) is 0 Å². The molecular weight excluding hydrogens is 334 g/mol. The van der Waals surface area contributed by atoms with E-state index in [1.54, 1.807) is 18.6 Å². The second kappa shape index (κ2) is 8.18. The lowest BCUT2D eigenvalue weighted by atomic mass is 10.1. The van der Waals surface area contributed by atoms with Gasteiger partial charge >= 0.3 is 0 Å². The Kier molecular flexibility index (Phi) is 5.50. The number of hydrogen-bond donors (Lipinski definition) is 1. The lowest BCUT2D eigenvalue weighted by Gasteiger charge is -2.05. The van der Waals surface area contributed by atoms with Gasteiger partial charge < -0.3 is 9.88 Å². The van der Waals surface area contributed by atoms with E-state index in [-0.39, 0.29) is 12.5 Å². The Balaban J connectivity index is 1.54. The van der Waals surface area contributed by atoms with Crippen molar-refractivity contribution in [3.8, 4) is 11.8 Å². The van der Waals surface area contributed by atoms with Gasteiger partial charge in [0.25, 0.3) is 5.91 Å². The minimum Gasteiger partial charge on any atom is -0.341 e. The van der Waals surface area contributed by atoms with Gasteiger partial charge in [0.1, 0.15) is 0 Å². The molecule has 0 unspecified atom stereocenters. The second-order valence-corrected chi connectivity index (χ2v) is 5.80. The third-order valence-electron chi connectivity index (χ3n) is 3.57. The van der Waals surface area contributed by atoms with Crippen LogP contribution in [0, 0.1) is 11.8 Å². The van der Waals surface area contributed by atoms with Crippen LogP contribution in [0.15, 0.2) is 67.3 Å². The van der Waals surface area contributed by atoms with Crippen LogP contribution in [0.4, 0.5) is 0 Å². The van der Waals surface area contributed by atoms with E-state index in [0.717, 1.165) is 17.7 Å². The van der Waals surface area contributed by atoms with Gasteiger partial charge in [-0.05, 0) is 29.8 Å². The monoisotopic (exact) mass is 349 g/mol. The molecule has 1 amide bonds. The molecular formula is C20H16ClN3O. The van der Waals surface area contributed by atoms with Crippen LogP contribution in [0.3, 0.4) is 0 Å². The first-order chi connectivity index (χ1) is 12.2. The van der Waals surface area contributed by atoms with E-state index in [0.29, 0.717) is 10.6 Å². The Hall–Kier alpha value is -3.03. The third-order valence-corrected chi connectivity index (χ3v) is 3.90. The highest BCUT2D eigenvalue weighted by molar-refractivity contribution is 6.31. The first-order valence-electron chi connectivity index (χ1n) is 7.78. The second-order valence-electron chi connectivity index (χ2n) is 5.40. The summed E-state index contributed by atoms with van der Waals surface area (Å²) < 4.78 is 1.97. The van der Waals surface area contributed by atoms with Crippen LogP contribution < -0.4 is 5.32 Å². The summed E-state index contributed by atoms with van der Waals surface area (Å²) in [7, 11) is 0. The van der Waals surface area contributed by atoms with E-state index in [4.69, 9.17) is 11.6 Å². The summed E-state index contributed by atoms with van der Waals surface area (Å²) in [5.41, 5.74) is 2.46. The molecule has 0 aliphatic heterocycles. The fraction of sp³-hybridized carbons (Fsp3) is 0.100. The van der Waals surface area contributed by atoms with Crippen LogP contribution in [0.1, 0.15) is 21.5 Å². The number of carbonyl (C=O) groups is 1. The molecule has 1 aromatic heterocycles. The molecule has 124 valence electrons. The van der Waals surface area contributed by atoms with Crippen LogP contribution >= 0.6 is 11.6 Å². The first kappa shape index (κ1) is 16.8. The lowest BCUT2D eigenvalue weighted by molar-refractivity contribution is 0.0958. The van der Waals surface area contributed by atoms with Crippen molar-refractivity contribution < 1.29 is 4.79 Å². The van der Waals surface area contributed by atoms with Gasteiger partial charge in [-0.2, -0.15) is 0 Å². The molecule has 0 spiro atoms. The molecule has 0 fully saturated rings. The number of nitrogens with one attached hydrogen (secondary N) is 1. The number of amides is 1. The summed E-state index contributed by atoms with van der Waals surface area (Å²) in [6, 6.07) is 14.8. The Morgan fingerprint density at radius 1 is 1.16 bits per heavy atom. The minimum absolute atomic E-state index is 0.150. The lowest BCUT2D eigenvalue weighted by Crippen LogP contribution is -2.23. The van der Waals surface area contributed by atoms with Crippen molar-refractivity contribution in [1.29, 1.82) is 0 Å². The molecule has 2 aromatic carbocycles. The minimum atomic E-state index is -0.150. The maximum absolute atomic E-state index is 12.1. The summed E-state index contributed by atoms with van der Waals surface area (Å²) in [6.45, 7) is 0.992. The van der Waals surface area contributed by atoms with Crippen LogP contribution in [-0.2, 0) is 6.54 Å². The number of carbonyl (C=O) groups excluding carboxylic acids is 1. The van der Waals surface area contributed by atoms with Gasteiger partial charge in [-0.3, -0.25) is 4.79 Å². The Bertz CT molecular complexity index is 906. The van der Waals surface area contributed by atoms with E-state index in [9.17, 15) is 4.79 Å². The molecule has 25 heavy (non-hydrogen) atoms. The SMILES string of the molecule is O=C(NCC#Cc1ccccc1Cl)c1ccc(Cn2ccnc2)cc1. The number of aromatic nitrogens is 2. The van der Waals surface area contributed by atoms with E-state index in [2.05, 4.69) is 22.1 Å². The average molecular weight is 350 g/mol. The van der Waals surface area contributed by atoms with Crippen molar-refractivity contribution in [3.05, 3.63) is 89.0 Å². The molecule has 0 atom stereocenters. The predicted octanol–water partition coefficient (Wildman–Crippen LogP) is 3.37. The van der Waals surface area contributed by atoms with Gasteiger partial charge in [0.2, 0.25) is 0 Å². The van der Waals surface area contributed by atoms with E-state index < -0.39 is 0 Å².